The van der Waals surface area contributed by atoms with Gasteiger partial charge in [-0.05, 0) is 30.5 Å². The number of hydrogen-bond donors (Lipinski definition) is 1. The summed E-state index contributed by atoms with van der Waals surface area (Å²) in [6.45, 7) is 0.433. The predicted octanol–water partition coefficient (Wildman–Crippen LogP) is 3.47. The van der Waals surface area contributed by atoms with Gasteiger partial charge in [-0.25, -0.2) is 4.39 Å². The second kappa shape index (κ2) is 8.17. The highest BCUT2D eigenvalue weighted by Crippen LogP contribution is 2.16. The Hall–Kier alpha value is -2.36. The molecule has 0 aliphatic carbocycles. The van der Waals surface area contributed by atoms with Crippen LogP contribution in [0.15, 0.2) is 48.5 Å². The van der Waals surface area contributed by atoms with Crippen molar-refractivity contribution in [2.45, 2.75) is 25.8 Å². The molecule has 0 atom stereocenters. The molecule has 0 bridgehead atoms. The summed E-state index contributed by atoms with van der Waals surface area (Å²) < 4.78 is 18.7. The van der Waals surface area contributed by atoms with E-state index < -0.39 is 0 Å². The van der Waals surface area contributed by atoms with Crippen LogP contribution in [0.3, 0.4) is 0 Å². The molecule has 1 N–H and O–H groups in total. The molecule has 0 aromatic heterocycles. The Balaban J connectivity index is 1.75. The van der Waals surface area contributed by atoms with Crippen molar-refractivity contribution in [2.24, 2.45) is 0 Å². The van der Waals surface area contributed by atoms with E-state index in [0.29, 0.717) is 31.4 Å². The fraction of sp³-hybridized carbons (Fsp3) is 0.278. The van der Waals surface area contributed by atoms with Gasteiger partial charge in [0.1, 0.15) is 11.6 Å². The molecule has 2 aromatic carbocycles. The number of hydrogen-bond acceptors (Lipinski definition) is 2. The van der Waals surface area contributed by atoms with Crippen molar-refractivity contribution in [1.29, 1.82) is 0 Å². The lowest BCUT2D eigenvalue weighted by Gasteiger charge is -2.09. The van der Waals surface area contributed by atoms with Crippen LogP contribution in [0.2, 0.25) is 0 Å². The molecule has 0 radical (unpaired) electrons. The summed E-state index contributed by atoms with van der Waals surface area (Å²) in [5.41, 5.74) is 1.59. The van der Waals surface area contributed by atoms with E-state index in [1.165, 1.54) is 6.07 Å². The summed E-state index contributed by atoms with van der Waals surface area (Å²) in [6.07, 6.45) is 1.57. The molecule has 22 heavy (non-hydrogen) atoms. The first kappa shape index (κ1) is 16.0. The first-order valence-corrected chi connectivity index (χ1v) is 7.32. The minimum atomic E-state index is -0.211. The summed E-state index contributed by atoms with van der Waals surface area (Å²) in [4.78, 5) is 11.8. The van der Waals surface area contributed by atoms with Gasteiger partial charge in [0.2, 0.25) is 5.91 Å². The number of halogens is 1. The summed E-state index contributed by atoms with van der Waals surface area (Å²) in [6, 6.07) is 14.2. The van der Waals surface area contributed by atoms with Gasteiger partial charge in [-0.15, -0.1) is 0 Å². The van der Waals surface area contributed by atoms with Crippen molar-refractivity contribution >= 4 is 5.91 Å². The van der Waals surface area contributed by atoms with E-state index in [0.717, 1.165) is 11.3 Å². The van der Waals surface area contributed by atoms with Crippen molar-refractivity contribution in [2.75, 3.05) is 7.11 Å². The SMILES string of the molecule is COc1ccccc1CNC(=O)CCCc1ccccc1F. The molecule has 0 fully saturated rings. The van der Waals surface area contributed by atoms with Gasteiger partial charge in [0.15, 0.2) is 0 Å². The molecular weight excluding hydrogens is 281 g/mol. The molecule has 0 unspecified atom stereocenters. The van der Waals surface area contributed by atoms with Crippen LogP contribution < -0.4 is 10.1 Å². The maximum absolute atomic E-state index is 13.5. The van der Waals surface area contributed by atoms with Crippen LogP contribution in [0.5, 0.6) is 5.75 Å². The minimum Gasteiger partial charge on any atom is -0.496 e. The third-order valence-corrected chi connectivity index (χ3v) is 3.48. The van der Waals surface area contributed by atoms with Crippen LogP contribution in [-0.2, 0) is 17.8 Å². The van der Waals surface area contributed by atoms with Crippen molar-refractivity contribution in [3.63, 3.8) is 0 Å². The van der Waals surface area contributed by atoms with Crippen molar-refractivity contribution < 1.29 is 13.9 Å². The zero-order valence-corrected chi connectivity index (χ0v) is 12.6. The van der Waals surface area contributed by atoms with E-state index in [-0.39, 0.29) is 11.7 Å². The fourth-order valence-electron chi connectivity index (χ4n) is 2.27. The standard InChI is InChI=1S/C18H20FNO2/c1-22-17-11-5-3-8-15(17)13-20-18(21)12-6-9-14-7-2-4-10-16(14)19/h2-5,7-8,10-11H,6,9,12-13H2,1H3,(H,20,21). The number of rotatable bonds is 7. The second-order valence-corrected chi connectivity index (χ2v) is 5.03. The fourth-order valence-corrected chi connectivity index (χ4v) is 2.27. The normalized spacial score (nSPS) is 10.3. The van der Waals surface area contributed by atoms with Gasteiger partial charge in [0.05, 0.1) is 7.11 Å². The van der Waals surface area contributed by atoms with Crippen molar-refractivity contribution in [1.82, 2.24) is 5.32 Å². The van der Waals surface area contributed by atoms with E-state index in [1.54, 1.807) is 25.3 Å². The highest BCUT2D eigenvalue weighted by atomic mass is 19.1. The van der Waals surface area contributed by atoms with Gasteiger partial charge in [0.25, 0.3) is 0 Å². The van der Waals surface area contributed by atoms with Gasteiger partial charge >= 0.3 is 0 Å². The maximum atomic E-state index is 13.5. The average Bonchev–Trinajstić information content (AvgIpc) is 2.55. The average molecular weight is 301 g/mol. The molecular formula is C18H20FNO2. The molecule has 4 heteroatoms. The molecule has 0 saturated heterocycles. The number of para-hydroxylation sites is 1. The summed E-state index contributed by atoms with van der Waals surface area (Å²) in [7, 11) is 1.61. The summed E-state index contributed by atoms with van der Waals surface area (Å²) in [5.74, 6) is 0.508. The molecule has 2 aromatic rings. The van der Waals surface area contributed by atoms with Crippen LogP contribution >= 0.6 is 0 Å². The van der Waals surface area contributed by atoms with Crippen LogP contribution in [0.4, 0.5) is 4.39 Å². The molecule has 3 nitrogen and oxygen atoms in total. The third kappa shape index (κ3) is 4.58. The van der Waals surface area contributed by atoms with Gasteiger partial charge in [-0.3, -0.25) is 4.79 Å². The minimum absolute atomic E-state index is 0.0396. The van der Waals surface area contributed by atoms with Crippen LogP contribution in [0.25, 0.3) is 0 Å². The number of aryl methyl sites for hydroxylation is 1. The van der Waals surface area contributed by atoms with Gasteiger partial charge in [0, 0.05) is 18.5 Å². The van der Waals surface area contributed by atoms with E-state index in [9.17, 15) is 9.18 Å². The van der Waals surface area contributed by atoms with Crippen molar-refractivity contribution in [3.8, 4) is 5.75 Å². The Morgan fingerprint density at radius 3 is 2.50 bits per heavy atom. The first-order valence-electron chi connectivity index (χ1n) is 7.32. The molecule has 0 spiro atoms. The predicted molar refractivity (Wildman–Crippen MR) is 84.2 cm³/mol. The quantitative estimate of drug-likeness (QED) is 0.850. The molecule has 0 aliphatic rings. The Morgan fingerprint density at radius 1 is 1.09 bits per heavy atom. The Kier molecular flexibility index (Phi) is 5.95. The monoisotopic (exact) mass is 301 g/mol. The van der Waals surface area contributed by atoms with Crippen LogP contribution in [-0.4, -0.2) is 13.0 Å². The second-order valence-electron chi connectivity index (χ2n) is 5.03. The van der Waals surface area contributed by atoms with Crippen molar-refractivity contribution in [3.05, 3.63) is 65.5 Å². The number of ether oxygens (including phenoxy) is 1. The lowest BCUT2D eigenvalue weighted by atomic mass is 10.1. The third-order valence-electron chi connectivity index (χ3n) is 3.48. The number of amides is 1. The molecule has 0 heterocycles. The highest BCUT2D eigenvalue weighted by molar-refractivity contribution is 5.75. The molecule has 1 amide bonds. The number of methoxy groups -OCH3 is 1. The first-order chi connectivity index (χ1) is 10.7. The Bertz CT molecular complexity index is 628. The summed E-state index contributed by atoms with van der Waals surface area (Å²) >= 11 is 0. The molecule has 0 saturated carbocycles. The van der Waals surface area contributed by atoms with Gasteiger partial charge in [-0.2, -0.15) is 0 Å². The van der Waals surface area contributed by atoms with E-state index in [2.05, 4.69) is 5.32 Å². The van der Waals surface area contributed by atoms with Gasteiger partial charge < -0.3 is 10.1 Å². The van der Waals surface area contributed by atoms with Crippen LogP contribution in [0, 0.1) is 5.82 Å². The maximum Gasteiger partial charge on any atom is 0.220 e. The largest absolute Gasteiger partial charge is 0.496 e. The smallest absolute Gasteiger partial charge is 0.220 e. The lowest BCUT2D eigenvalue weighted by molar-refractivity contribution is -0.121. The molecule has 116 valence electrons. The number of carbonyl (C=O) groups excluding carboxylic acids is 1. The van der Waals surface area contributed by atoms with E-state index in [4.69, 9.17) is 4.74 Å². The molecule has 2 rings (SSSR count). The van der Waals surface area contributed by atoms with E-state index >= 15 is 0 Å². The molecule has 0 aliphatic heterocycles. The Morgan fingerprint density at radius 2 is 1.77 bits per heavy atom. The zero-order valence-electron chi connectivity index (χ0n) is 12.6. The van der Waals surface area contributed by atoms with Gasteiger partial charge in [-0.1, -0.05) is 36.4 Å². The Labute approximate surface area is 130 Å². The summed E-state index contributed by atoms with van der Waals surface area (Å²) in [5, 5.41) is 2.86. The number of nitrogens with one attached hydrogen (secondary N) is 1. The topological polar surface area (TPSA) is 38.3 Å². The van der Waals surface area contributed by atoms with E-state index in [1.807, 2.05) is 24.3 Å². The van der Waals surface area contributed by atoms with Crippen LogP contribution in [0.1, 0.15) is 24.0 Å². The highest BCUT2D eigenvalue weighted by Gasteiger charge is 2.06. The zero-order chi connectivity index (χ0) is 15.8. The lowest BCUT2D eigenvalue weighted by Crippen LogP contribution is -2.22. The number of carbonyl (C=O) groups is 1. The number of benzene rings is 2.